The van der Waals surface area contributed by atoms with Crippen molar-refractivity contribution in [2.45, 2.75) is 6.92 Å². The smallest absolute Gasteiger partial charge is 0.338 e. The number of rotatable bonds is 4. The molecule has 1 N–H and O–H groups in total. The molecule has 0 aliphatic heterocycles. The molecule has 3 aromatic rings. The Labute approximate surface area is 140 Å². The third kappa shape index (κ3) is 3.04. The number of aromatic nitrogens is 2. The number of thiazole rings is 1. The number of amides is 1. The first kappa shape index (κ1) is 15.9. The minimum absolute atomic E-state index is 0.0552. The predicted octanol–water partition coefficient (Wildman–Crippen LogP) is 2.18. The van der Waals surface area contributed by atoms with Gasteiger partial charge in [-0.2, -0.15) is 0 Å². The number of nitrogens with zero attached hydrogens (tertiary/aromatic N) is 2. The van der Waals surface area contributed by atoms with Crippen LogP contribution in [0.3, 0.4) is 0 Å². The van der Waals surface area contributed by atoms with E-state index in [9.17, 15) is 14.4 Å². The zero-order valence-electron chi connectivity index (χ0n) is 12.7. The van der Waals surface area contributed by atoms with E-state index in [1.807, 2.05) is 0 Å². The molecule has 8 heteroatoms. The molecule has 0 spiro atoms. The number of fused-ring (bicyclic) bond motifs is 1. The van der Waals surface area contributed by atoms with E-state index in [2.05, 4.69) is 10.3 Å². The first-order valence-electron chi connectivity index (χ1n) is 7.13. The van der Waals surface area contributed by atoms with Gasteiger partial charge in [-0.3, -0.25) is 14.0 Å². The second-order valence-electron chi connectivity index (χ2n) is 4.78. The highest BCUT2D eigenvalue weighted by atomic mass is 32.1. The van der Waals surface area contributed by atoms with Crippen LogP contribution in [0.15, 0.2) is 46.8 Å². The number of carbonyl (C=O) groups excluding carboxylic acids is 2. The van der Waals surface area contributed by atoms with Crippen LogP contribution in [0.5, 0.6) is 0 Å². The number of esters is 1. The first-order valence-corrected chi connectivity index (χ1v) is 8.01. The molecule has 0 atom stereocenters. The first-order chi connectivity index (χ1) is 11.6. The minimum atomic E-state index is -0.558. The summed E-state index contributed by atoms with van der Waals surface area (Å²) in [7, 11) is 0. The molecular weight excluding hydrogens is 330 g/mol. The molecule has 2 heterocycles. The second kappa shape index (κ2) is 6.63. The van der Waals surface area contributed by atoms with Gasteiger partial charge in [0.05, 0.1) is 12.2 Å². The normalized spacial score (nSPS) is 10.5. The maximum absolute atomic E-state index is 12.3. The van der Waals surface area contributed by atoms with Gasteiger partial charge >= 0.3 is 5.97 Å². The Bertz CT molecular complexity index is 959. The van der Waals surface area contributed by atoms with Gasteiger partial charge in [0.15, 0.2) is 4.96 Å². The summed E-state index contributed by atoms with van der Waals surface area (Å²) >= 11 is 1.31. The van der Waals surface area contributed by atoms with Crippen molar-refractivity contribution in [1.82, 2.24) is 9.38 Å². The van der Waals surface area contributed by atoms with Crippen LogP contribution in [0.4, 0.5) is 5.69 Å². The maximum atomic E-state index is 12.3. The zero-order chi connectivity index (χ0) is 17.1. The maximum Gasteiger partial charge on any atom is 0.338 e. The Balaban J connectivity index is 1.80. The average molecular weight is 343 g/mol. The van der Waals surface area contributed by atoms with E-state index in [0.717, 1.165) is 0 Å². The third-order valence-corrected chi connectivity index (χ3v) is 4.01. The Morgan fingerprint density at radius 1 is 1.29 bits per heavy atom. The topological polar surface area (TPSA) is 89.8 Å². The second-order valence-corrected chi connectivity index (χ2v) is 5.66. The van der Waals surface area contributed by atoms with Crippen molar-refractivity contribution >= 4 is 33.9 Å². The van der Waals surface area contributed by atoms with Crippen molar-refractivity contribution in [2.24, 2.45) is 0 Å². The highest BCUT2D eigenvalue weighted by Gasteiger charge is 2.14. The Morgan fingerprint density at radius 2 is 2.04 bits per heavy atom. The highest BCUT2D eigenvalue weighted by molar-refractivity contribution is 7.15. The monoisotopic (exact) mass is 343 g/mol. The SMILES string of the molecule is CCOC(=O)c1ccc(NC(=O)c2cnc3sccn3c2=O)cc1. The minimum Gasteiger partial charge on any atom is -0.462 e. The average Bonchev–Trinajstić information content (AvgIpc) is 3.05. The van der Waals surface area contributed by atoms with Crippen LogP contribution in [0.1, 0.15) is 27.6 Å². The van der Waals surface area contributed by atoms with Crippen molar-refractivity contribution in [2.75, 3.05) is 11.9 Å². The lowest BCUT2D eigenvalue weighted by Gasteiger charge is -2.06. The number of benzene rings is 1. The molecule has 0 radical (unpaired) electrons. The molecule has 0 saturated carbocycles. The summed E-state index contributed by atoms with van der Waals surface area (Å²) in [6.45, 7) is 2.02. The molecule has 2 aromatic heterocycles. The molecule has 1 aromatic carbocycles. The van der Waals surface area contributed by atoms with Crippen LogP contribution in [0.2, 0.25) is 0 Å². The number of nitrogens with one attached hydrogen (secondary N) is 1. The Hall–Kier alpha value is -3.00. The van der Waals surface area contributed by atoms with Crippen molar-refractivity contribution in [3.05, 3.63) is 63.5 Å². The molecule has 0 unspecified atom stereocenters. The van der Waals surface area contributed by atoms with Gasteiger partial charge in [-0.1, -0.05) is 0 Å². The number of ether oxygens (including phenoxy) is 1. The largest absolute Gasteiger partial charge is 0.462 e. The standard InChI is InChI=1S/C16H13N3O4S/c1-2-23-15(22)10-3-5-11(6-4-10)18-13(20)12-9-17-16-19(14(12)21)7-8-24-16/h3-9H,2H2,1H3,(H,18,20). The van der Waals surface area contributed by atoms with Crippen LogP contribution in [0, 0.1) is 0 Å². The van der Waals surface area contributed by atoms with E-state index in [-0.39, 0.29) is 5.56 Å². The number of hydrogen-bond acceptors (Lipinski definition) is 6. The number of carbonyl (C=O) groups is 2. The van der Waals surface area contributed by atoms with Crippen molar-refractivity contribution in [3.63, 3.8) is 0 Å². The zero-order valence-corrected chi connectivity index (χ0v) is 13.5. The van der Waals surface area contributed by atoms with Crippen LogP contribution in [-0.2, 0) is 4.74 Å². The summed E-state index contributed by atoms with van der Waals surface area (Å²) in [5, 5.41) is 4.33. The van der Waals surface area contributed by atoms with E-state index in [1.165, 1.54) is 21.9 Å². The lowest BCUT2D eigenvalue weighted by molar-refractivity contribution is 0.0526. The van der Waals surface area contributed by atoms with Crippen molar-refractivity contribution in [3.8, 4) is 0 Å². The van der Waals surface area contributed by atoms with E-state index in [0.29, 0.717) is 22.8 Å². The Morgan fingerprint density at radius 3 is 2.75 bits per heavy atom. The van der Waals surface area contributed by atoms with E-state index in [4.69, 9.17) is 4.74 Å². The van der Waals surface area contributed by atoms with Crippen LogP contribution in [0.25, 0.3) is 4.96 Å². The molecule has 0 saturated heterocycles. The van der Waals surface area contributed by atoms with Gasteiger partial charge < -0.3 is 10.1 Å². The number of anilines is 1. The predicted molar refractivity (Wildman–Crippen MR) is 89.7 cm³/mol. The number of hydrogen-bond donors (Lipinski definition) is 1. The molecule has 0 bridgehead atoms. The highest BCUT2D eigenvalue weighted by Crippen LogP contribution is 2.12. The molecule has 1 amide bonds. The third-order valence-electron chi connectivity index (χ3n) is 3.24. The fourth-order valence-corrected chi connectivity index (χ4v) is 2.76. The molecule has 0 fully saturated rings. The van der Waals surface area contributed by atoms with Gasteiger partial charge in [0.25, 0.3) is 11.5 Å². The summed E-state index contributed by atoms with van der Waals surface area (Å²) in [5.74, 6) is -0.988. The summed E-state index contributed by atoms with van der Waals surface area (Å²) in [4.78, 5) is 40.7. The molecule has 3 rings (SSSR count). The fraction of sp³-hybridized carbons (Fsp3) is 0.125. The fourth-order valence-electron chi connectivity index (χ4n) is 2.08. The van der Waals surface area contributed by atoms with Gasteiger partial charge in [-0.05, 0) is 31.2 Å². The summed E-state index contributed by atoms with van der Waals surface area (Å²) in [5.41, 5.74) is 0.362. The van der Waals surface area contributed by atoms with E-state index < -0.39 is 17.4 Å². The molecular formula is C16H13N3O4S. The van der Waals surface area contributed by atoms with Crippen LogP contribution < -0.4 is 10.9 Å². The lowest BCUT2D eigenvalue weighted by Crippen LogP contribution is -2.25. The van der Waals surface area contributed by atoms with E-state index >= 15 is 0 Å². The van der Waals surface area contributed by atoms with Crippen LogP contribution >= 0.6 is 11.3 Å². The Kier molecular flexibility index (Phi) is 4.39. The van der Waals surface area contributed by atoms with E-state index in [1.54, 1.807) is 42.8 Å². The molecule has 0 aliphatic rings. The quantitative estimate of drug-likeness (QED) is 0.734. The molecule has 0 aliphatic carbocycles. The molecule has 7 nitrogen and oxygen atoms in total. The van der Waals surface area contributed by atoms with Crippen LogP contribution in [-0.4, -0.2) is 27.9 Å². The van der Waals surface area contributed by atoms with Gasteiger partial charge in [0.1, 0.15) is 5.56 Å². The van der Waals surface area contributed by atoms with Crippen molar-refractivity contribution < 1.29 is 14.3 Å². The summed E-state index contributed by atoms with van der Waals surface area (Å²) in [6.07, 6.45) is 2.83. The molecule has 24 heavy (non-hydrogen) atoms. The lowest BCUT2D eigenvalue weighted by atomic mass is 10.2. The van der Waals surface area contributed by atoms with Gasteiger partial charge in [-0.15, -0.1) is 11.3 Å². The van der Waals surface area contributed by atoms with Gasteiger partial charge in [0.2, 0.25) is 0 Å². The van der Waals surface area contributed by atoms with Crippen molar-refractivity contribution in [1.29, 1.82) is 0 Å². The summed E-state index contributed by atoms with van der Waals surface area (Å²) < 4.78 is 6.21. The van der Waals surface area contributed by atoms with Gasteiger partial charge in [-0.25, -0.2) is 9.78 Å². The molecule has 122 valence electrons. The summed E-state index contributed by atoms with van der Waals surface area (Å²) in [6, 6.07) is 6.22. The van der Waals surface area contributed by atoms with Gasteiger partial charge in [0, 0.05) is 23.5 Å².